The van der Waals surface area contributed by atoms with Crippen molar-refractivity contribution in [2.75, 3.05) is 0 Å². The number of hydrogen-bond acceptors (Lipinski definition) is 5. The molecule has 148 valence electrons. The Hall–Kier alpha value is -2.97. The van der Waals surface area contributed by atoms with Gasteiger partial charge in [0, 0.05) is 12.7 Å². The SMILES string of the molecule is CC(C)C1CCC(Cn2ncc3nc(-n4cc(C(=O)O)cn4)[nH]c(=O)c32)CC1. The number of carboxylic acid groups (broad SMARTS) is 1. The zero-order valence-corrected chi connectivity index (χ0v) is 16.0. The third-order valence-electron chi connectivity index (χ3n) is 5.80. The molecule has 1 aliphatic carbocycles. The average molecular weight is 384 g/mol. The third kappa shape index (κ3) is 3.44. The maximum absolute atomic E-state index is 12.7. The number of fused-ring (bicyclic) bond motifs is 1. The van der Waals surface area contributed by atoms with Crippen LogP contribution >= 0.6 is 0 Å². The molecule has 28 heavy (non-hydrogen) atoms. The van der Waals surface area contributed by atoms with Crippen molar-refractivity contribution in [3.05, 3.63) is 34.5 Å². The molecule has 0 amide bonds. The molecule has 4 rings (SSSR count). The van der Waals surface area contributed by atoms with Crippen molar-refractivity contribution < 1.29 is 9.90 Å². The number of aromatic amines is 1. The van der Waals surface area contributed by atoms with Gasteiger partial charge >= 0.3 is 5.97 Å². The van der Waals surface area contributed by atoms with Gasteiger partial charge in [-0.15, -0.1) is 0 Å². The van der Waals surface area contributed by atoms with Gasteiger partial charge in [0.15, 0.2) is 5.52 Å². The Balaban J connectivity index is 1.57. The lowest BCUT2D eigenvalue weighted by atomic mass is 9.77. The van der Waals surface area contributed by atoms with Crippen molar-refractivity contribution in [2.45, 2.75) is 46.1 Å². The van der Waals surface area contributed by atoms with Gasteiger partial charge in [-0.05, 0) is 43.4 Å². The van der Waals surface area contributed by atoms with Crippen LogP contribution in [0.5, 0.6) is 0 Å². The molecule has 1 aliphatic rings. The van der Waals surface area contributed by atoms with Gasteiger partial charge < -0.3 is 5.11 Å². The van der Waals surface area contributed by atoms with Crippen LogP contribution < -0.4 is 5.56 Å². The first-order valence-corrected chi connectivity index (χ1v) is 9.66. The fourth-order valence-electron chi connectivity index (χ4n) is 4.07. The van der Waals surface area contributed by atoms with Crippen LogP contribution in [0.25, 0.3) is 17.0 Å². The van der Waals surface area contributed by atoms with E-state index in [-0.39, 0.29) is 17.1 Å². The van der Waals surface area contributed by atoms with Crippen LogP contribution in [-0.4, -0.2) is 40.6 Å². The van der Waals surface area contributed by atoms with E-state index in [1.165, 1.54) is 29.9 Å². The van der Waals surface area contributed by atoms with Crippen LogP contribution in [0.2, 0.25) is 0 Å². The number of aromatic nitrogens is 6. The molecule has 0 bridgehead atoms. The number of nitrogens with one attached hydrogen (secondary N) is 1. The number of rotatable bonds is 5. The Bertz CT molecular complexity index is 1060. The highest BCUT2D eigenvalue weighted by atomic mass is 16.4. The van der Waals surface area contributed by atoms with Gasteiger partial charge in [0.25, 0.3) is 5.56 Å². The van der Waals surface area contributed by atoms with Gasteiger partial charge in [0.2, 0.25) is 5.95 Å². The van der Waals surface area contributed by atoms with Crippen molar-refractivity contribution in [2.24, 2.45) is 17.8 Å². The summed E-state index contributed by atoms with van der Waals surface area (Å²) >= 11 is 0. The fraction of sp³-hybridized carbons (Fsp3) is 0.526. The van der Waals surface area contributed by atoms with Crippen molar-refractivity contribution in [1.29, 1.82) is 0 Å². The van der Waals surface area contributed by atoms with E-state index in [0.29, 0.717) is 23.5 Å². The first kappa shape index (κ1) is 18.4. The van der Waals surface area contributed by atoms with Crippen LogP contribution in [-0.2, 0) is 6.54 Å². The summed E-state index contributed by atoms with van der Waals surface area (Å²) in [5.74, 6) is 1.11. The molecule has 0 unspecified atom stereocenters. The van der Waals surface area contributed by atoms with Crippen molar-refractivity contribution in [3.8, 4) is 5.95 Å². The first-order chi connectivity index (χ1) is 13.4. The maximum atomic E-state index is 12.7. The van der Waals surface area contributed by atoms with E-state index < -0.39 is 5.97 Å². The van der Waals surface area contributed by atoms with E-state index in [2.05, 4.69) is 34.0 Å². The predicted octanol–water partition coefficient (Wildman–Crippen LogP) is 2.47. The highest BCUT2D eigenvalue weighted by molar-refractivity contribution is 5.87. The lowest BCUT2D eigenvalue weighted by Crippen LogP contribution is -2.23. The summed E-state index contributed by atoms with van der Waals surface area (Å²) in [5, 5.41) is 17.4. The van der Waals surface area contributed by atoms with Gasteiger partial charge in [-0.3, -0.25) is 14.5 Å². The number of H-pyrrole nitrogens is 1. The molecule has 0 atom stereocenters. The molecule has 0 radical (unpaired) electrons. The van der Waals surface area contributed by atoms with E-state index >= 15 is 0 Å². The van der Waals surface area contributed by atoms with Crippen LogP contribution in [0.3, 0.4) is 0 Å². The van der Waals surface area contributed by atoms with Crippen molar-refractivity contribution >= 4 is 17.0 Å². The number of aromatic carboxylic acids is 1. The Kier molecular flexibility index (Phi) is 4.74. The molecule has 3 aromatic heterocycles. The standard InChI is InChI=1S/C19H24N6O3/c1-11(2)13-5-3-12(4-6-13)9-24-16-15(8-21-24)22-19(23-17(16)26)25-10-14(7-20-25)18(27)28/h7-8,10-13H,3-6,9H2,1-2H3,(H,27,28)(H,22,23,26). The smallest absolute Gasteiger partial charge is 0.338 e. The highest BCUT2D eigenvalue weighted by Crippen LogP contribution is 2.34. The minimum atomic E-state index is -1.09. The Morgan fingerprint density at radius 1 is 1.25 bits per heavy atom. The summed E-state index contributed by atoms with van der Waals surface area (Å²) in [6, 6.07) is 0. The molecule has 1 saturated carbocycles. The van der Waals surface area contributed by atoms with E-state index in [9.17, 15) is 9.59 Å². The quantitative estimate of drug-likeness (QED) is 0.697. The molecule has 0 saturated heterocycles. The molecule has 9 nitrogen and oxygen atoms in total. The van der Waals surface area contributed by atoms with Gasteiger partial charge in [0.1, 0.15) is 5.52 Å². The number of nitrogens with zero attached hydrogens (tertiary/aromatic N) is 5. The number of carbonyl (C=O) groups is 1. The summed E-state index contributed by atoms with van der Waals surface area (Å²) in [6.07, 6.45) is 8.86. The van der Waals surface area contributed by atoms with Gasteiger partial charge in [-0.1, -0.05) is 13.8 Å². The van der Waals surface area contributed by atoms with Crippen LogP contribution in [0.1, 0.15) is 49.9 Å². The Morgan fingerprint density at radius 2 is 2.00 bits per heavy atom. The molecule has 2 N–H and O–H groups in total. The van der Waals surface area contributed by atoms with Gasteiger partial charge in [-0.25, -0.2) is 14.5 Å². The van der Waals surface area contributed by atoms with Gasteiger partial charge in [0.05, 0.1) is 18.0 Å². The summed E-state index contributed by atoms with van der Waals surface area (Å²) in [4.78, 5) is 30.8. The summed E-state index contributed by atoms with van der Waals surface area (Å²) in [6.45, 7) is 5.28. The highest BCUT2D eigenvalue weighted by Gasteiger charge is 2.24. The predicted molar refractivity (Wildman–Crippen MR) is 103 cm³/mol. The average Bonchev–Trinajstić information content (AvgIpc) is 3.30. The lowest BCUT2D eigenvalue weighted by molar-refractivity contribution is 0.0697. The van der Waals surface area contributed by atoms with Crippen LogP contribution in [0, 0.1) is 17.8 Å². The minimum Gasteiger partial charge on any atom is -0.478 e. The Labute approximate surface area is 161 Å². The summed E-state index contributed by atoms with van der Waals surface area (Å²) in [5.41, 5.74) is 0.638. The topological polar surface area (TPSA) is 119 Å². The molecule has 9 heteroatoms. The molecule has 3 aromatic rings. The first-order valence-electron chi connectivity index (χ1n) is 9.66. The van der Waals surface area contributed by atoms with Crippen molar-refractivity contribution in [3.63, 3.8) is 0 Å². The zero-order valence-electron chi connectivity index (χ0n) is 16.0. The molecule has 0 aromatic carbocycles. The maximum Gasteiger partial charge on any atom is 0.338 e. The Morgan fingerprint density at radius 3 is 2.64 bits per heavy atom. The molecule has 1 fully saturated rings. The molecule has 0 aliphatic heterocycles. The van der Waals surface area contributed by atoms with E-state index in [4.69, 9.17) is 5.11 Å². The van der Waals surface area contributed by atoms with Gasteiger partial charge in [-0.2, -0.15) is 10.2 Å². The minimum absolute atomic E-state index is 0.0236. The van der Waals surface area contributed by atoms with E-state index in [1.54, 1.807) is 10.9 Å². The summed E-state index contributed by atoms with van der Waals surface area (Å²) < 4.78 is 2.99. The second kappa shape index (κ2) is 7.21. The monoisotopic (exact) mass is 384 g/mol. The van der Waals surface area contributed by atoms with Crippen LogP contribution in [0.4, 0.5) is 0 Å². The largest absolute Gasteiger partial charge is 0.478 e. The zero-order chi connectivity index (χ0) is 19.8. The lowest BCUT2D eigenvalue weighted by Gasteiger charge is -2.30. The third-order valence-corrected chi connectivity index (χ3v) is 5.80. The van der Waals surface area contributed by atoms with E-state index in [1.807, 2.05) is 0 Å². The number of carboxylic acids is 1. The fourth-order valence-corrected chi connectivity index (χ4v) is 4.07. The second-order valence-corrected chi connectivity index (χ2v) is 7.95. The van der Waals surface area contributed by atoms with E-state index in [0.717, 1.165) is 24.7 Å². The molecule has 0 spiro atoms. The number of hydrogen-bond donors (Lipinski definition) is 2. The van der Waals surface area contributed by atoms with Crippen LogP contribution in [0.15, 0.2) is 23.4 Å². The molecular formula is C19H24N6O3. The van der Waals surface area contributed by atoms with Crippen molar-refractivity contribution in [1.82, 2.24) is 29.5 Å². The molecule has 3 heterocycles. The second-order valence-electron chi connectivity index (χ2n) is 7.95. The summed E-state index contributed by atoms with van der Waals surface area (Å²) in [7, 11) is 0. The normalized spacial score (nSPS) is 20.1. The molecular weight excluding hydrogens is 360 g/mol.